The number of carbonyl (C=O) groups is 2. The molecule has 1 aliphatic rings. The number of nitrogens with zero attached hydrogens (tertiary/aromatic N) is 2. The maximum Gasteiger partial charge on any atom is 0.255 e. The lowest BCUT2D eigenvalue weighted by Crippen LogP contribution is -2.47. The summed E-state index contributed by atoms with van der Waals surface area (Å²) in [6.45, 7) is 5.71. The van der Waals surface area contributed by atoms with Crippen LogP contribution in [0.3, 0.4) is 0 Å². The highest BCUT2D eigenvalue weighted by atomic mass is 16.5. The second-order valence-electron chi connectivity index (χ2n) is 6.59. The summed E-state index contributed by atoms with van der Waals surface area (Å²) in [4.78, 5) is 29.1. The average molecular weight is 367 g/mol. The first-order chi connectivity index (χ1) is 13.1. The van der Waals surface area contributed by atoms with Crippen LogP contribution in [0.5, 0.6) is 5.75 Å². The van der Waals surface area contributed by atoms with Gasteiger partial charge in [-0.2, -0.15) is 0 Å². The highest BCUT2D eigenvalue weighted by Gasteiger charge is 2.20. The minimum atomic E-state index is -0.213. The Morgan fingerprint density at radius 2 is 1.70 bits per heavy atom. The van der Waals surface area contributed by atoms with Gasteiger partial charge in [-0.1, -0.05) is 6.07 Å². The van der Waals surface area contributed by atoms with Crippen molar-refractivity contribution in [2.45, 2.75) is 6.92 Å². The predicted molar refractivity (Wildman–Crippen MR) is 105 cm³/mol. The smallest absolute Gasteiger partial charge is 0.255 e. The van der Waals surface area contributed by atoms with Crippen molar-refractivity contribution in [3.8, 4) is 5.75 Å². The van der Waals surface area contributed by atoms with Crippen LogP contribution in [0.4, 0.5) is 5.69 Å². The summed E-state index contributed by atoms with van der Waals surface area (Å²) in [5, 5.41) is 2.85. The lowest BCUT2D eigenvalue weighted by atomic mass is 10.1. The Morgan fingerprint density at radius 1 is 1.00 bits per heavy atom. The number of anilines is 1. The number of hydrogen-bond acceptors (Lipinski definition) is 4. The van der Waals surface area contributed by atoms with Gasteiger partial charge in [-0.15, -0.1) is 0 Å². The molecule has 0 aromatic heterocycles. The molecule has 1 aliphatic heterocycles. The molecule has 0 spiro atoms. The zero-order chi connectivity index (χ0) is 19.2. The van der Waals surface area contributed by atoms with E-state index in [1.165, 1.54) is 0 Å². The summed E-state index contributed by atoms with van der Waals surface area (Å²) >= 11 is 0. The SMILES string of the molecule is CCOc1cccc(C(=O)Nc2ccc(C(=O)N3CCN(C)CC3)cc2)c1. The Bertz CT molecular complexity index is 797. The summed E-state index contributed by atoms with van der Waals surface area (Å²) in [5.41, 5.74) is 1.81. The lowest BCUT2D eigenvalue weighted by Gasteiger charge is -2.32. The van der Waals surface area contributed by atoms with Crippen LogP contribution in [0.15, 0.2) is 48.5 Å². The molecule has 27 heavy (non-hydrogen) atoms. The predicted octanol–water partition coefficient (Wildman–Crippen LogP) is 2.73. The van der Waals surface area contributed by atoms with E-state index in [0.29, 0.717) is 29.2 Å². The summed E-state index contributed by atoms with van der Waals surface area (Å²) in [7, 11) is 2.06. The Hall–Kier alpha value is -2.86. The molecule has 2 amide bonds. The summed E-state index contributed by atoms with van der Waals surface area (Å²) in [6, 6.07) is 14.1. The largest absolute Gasteiger partial charge is 0.494 e. The van der Waals surface area contributed by atoms with E-state index in [1.54, 1.807) is 42.5 Å². The van der Waals surface area contributed by atoms with Gasteiger partial charge < -0.3 is 19.9 Å². The van der Waals surface area contributed by atoms with Crippen LogP contribution >= 0.6 is 0 Å². The molecule has 0 unspecified atom stereocenters. The van der Waals surface area contributed by atoms with Gasteiger partial charge >= 0.3 is 0 Å². The number of ether oxygens (including phenoxy) is 1. The van der Waals surface area contributed by atoms with Gasteiger partial charge in [0.15, 0.2) is 0 Å². The number of likely N-dealkylation sites (N-methyl/N-ethyl adjacent to an activating group) is 1. The highest BCUT2D eigenvalue weighted by Crippen LogP contribution is 2.17. The average Bonchev–Trinajstić information content (AvgIpc) is 2.69. The summed E-state index contributed by atoms with van der Waals surface area (Å²) in [5.74, 6) is 0.485. The molecule has 3 rings (SSSR count). The van der Waals surface area contributed by atoms with E-state index in [2.05, 4.69) is 17.3 Å². The van der Waals surface area contributed by atoms with E-state index in [1.807, 2.05) is 17.9 Å². The van der Waals surface area contributed by atoms with E-state index in [-0.39, 0.29) is 11.8 Å². The van der Waals surface area contributed by atoms with E-state index in [0.717, 1.165) is 26.2 Å². The van der Waals surface area contributed by atoms with Crippen LogP contribution in [0.1, 0.15) is 27.6 Å². The third-order valence-electron chi connectivity index (χ3n) is 4.59. The van der Waals surface area contributed by atoms with E-state index in [9.17, 15) is 9.59 Å². The molecular formula is C21H25N3O3. The van der Waals surface area contributed by atoms with Crippen molar-refractivity contribution in [1.82, 2.24) is 9.80 Å². The zero-order valence-corrected chi connectivity index (χ0v) is 15.8. The molecular weight excluding hydrogens is 342 g/mol. The van der Waals surface area contributed by atoms with Crippen LogP contribution in [0.2, 0.25) is 0 Å². The molecule has 1 saturated heterocycles. The van der Waals surface area contributed by atoms with Crippen molar-refractivity contribution in [1.29, 1.82) is 0 Å². The molecule has 1 N–H and O–H groups in total. The second-order valence-corrected chi connectivity index (χ2v) is 6.59. The number of nitrogens with one attached hydrogen (secondary N) is 1. The number of hydrogen-bond donors (Lipinski definition) is 1. The lowest BCUT2D eigenvalue weighted by molar-refractivity contribution is 0.0664. The van der Waals surface area contributed by atoms with Crippen molar-refractivity contribution in [2.24, 2.45) is 0 Å². The number of benzene rings is 2. The summed E-state index contributed by atoms with van der Waals surface area (Å²) < 4.78 is 5.43. The first-order valence-corrected chi connectivity index (χ1v) is 9.19. The van der Waals surface area contributed by atoms with Crippen molar-refractivity contribution in [3.05, 3.63) is 59.7 Å². The molecule has 2 aromatic carbocycles. The van der Waals surface area contributed by atoms with Gasteiger partial charge in [-0.05, 0) is 56.4 Å². The van der Waals surface area contributed by atoms with Gasteiger partial charge in [-0.3, -0.25) is 9.59 Å². The van der Waals surface area contributed by atoms with Crippen LogP contribution in [-0.4, -0.2) is 61.4 Å². The standard InChI is InChI=1S/C21H25N3O3/c1-3-27-19-6-4-5-17(15-19)20(25)22-18-9-7-16(8-10-18)21(26)24-13-11-23(2)12-14-24/h4-10,15H,3,11-14H2,1-2H3,(H,22,25). The molecule has 1 heterocycles. The van der Waals surface area contributed by atoms with Crippen LogP contribution < -0.4 is 10.1 Å². The topological polar surface area (TPSA) is 61.9 Å². The van der Waals surface area contributed by atoms with Crippen molar-refractivity contribution in [3.63, 3.8) is 0 Å². The van der Waals surface area contributed by atoms with Crippen LogP contribution in [-0.2, 0) is 0 Å². The van der Waals surface area contributed by atoms with E-state index < -0.39 is 0 Å². The highest BCUT2D eigenvalue weighted by molar-refractivity contribution is 6.04. The molecule has 0 bridgehead atoms. The molecule has 1 fully saturated rings. The van der Waals surface area contributed by atoms with Gasteiger partial charge in [0.25, 0.3) is 11.8 Å². The zero-order valence-electron chi connectivity index (χ0n) is 15.8. The fourth-order valence-corrected chi connectivity index (χ4v) is 2.99. The maximum absolute atomic E-state index is 12.6. The number of carbonyl (C=O) groups excluding carboxylic acids is 2. The third-order valence-corrected chi connectivity index (χ3v) is 4.59. The fourth-order valence-electron chi connectivity index (χ4n) is 2.99. The first-order valence-electron chi connectivity index (χ1n) is 9.19. The van der Waals surface area contributed by atoms with Gasteiger partial charge in [0, 0.05) is 43.0 Å². The van der Waals surface area contributed by atoms with Gasteiger partial charge in [0.05, 0.1) is 6.61 Å². The molecule has 0 aliphatic carbocycles. The van der Waals surface area contributed by atoms with Crippen molar-refractivity contribution < 1.29 is 14.3 Å². The molecule has 0 atom stereocenters. The molecule has 0 saturated carbocycles. The minimum absolute atomic E-state index is 0.0328. The molecule has 2 aromatic rings. The molecule has 0 radical (unpaired) electrons. The maximum atomic E-state index is 12.6. The van der Waals surface area contributed by atoms with Crippen molar-refractivity contribution in [2.75, 3.05) is 45.2 Å². The Morgan fingerprint density at radius 3 is 2.37 bits per heavy atom. The normalized spacial score (nSPS) is 14.7. The Kier molecular flexibility index (Phi) is 6.08. The van der Waals surface area contributed by atoms with Gasteiger partial charge in [-0.25, -0.2) is 0 Å². The number of amides is 2. The molecule has 6 heteroatoms. The number of rotatable bonds is 5. The molecule has 142 valence electrons. The monoisotopic (exact) mass is 367 g/mol. The van der Waals surface area contributed by atoms with Gasteiger partial charge in [0.1, 0.15) is 5.75 Å². The van der Waals surface area contributed by atoms with Gasteiger partial charge in [0.2, 0.25) is 0 Å². The fraction of sp³-hybridized carbons (Fsp3) is 0.333. The van der Waals surface area contributed by atoms with E-state index >= 15 is 0 Å². The van der Waals surface area contributed by atoms with Crippen molar-refractivity contribution >= 4 is 17.5 Å². The Labute approximate surface area is 159 Å². The van der Waals surface area contributed by atoms with Crippen LogP contribution in [0, 0.1) is 0 Å². The quantitative estimate of drug-likeness (QED) is 0.883. The Balaban J connectivity index is 1.62. The second kappa shape index (κ2) is 8.68. The van der Waals surface area contributed by atoms with E-state index in [4.69, 9.17) is 4.74 Å². The summed E-state index contributed by atoms with van der Waals surface area (Å²) in [6.07, 6.45) is 0. The first kappa shape index (κ1) is 18.9. The van der Waals surface area contributed by atoms with Crippen LogP contribution in [0.25, 0.3) is 0 Å². The number of piperazine rings is 1. The third kappa shape index (κ3) is 4.86. The minimum Gasteiger partial charge on any atom is -0.494 e. The molecule has 6 nitrogen and oxygen atoms in total.